The molecule has 1 heterocycles. The molecule has 1 aromatic rings. The van der Waals surface area contributed by atoms with Gasteiger partial charge >= 0.3 is 0 Å². The van der Waals surface area contributed by atoms with Crippen molar-refractivity contribution in [3.63, 3.8) is 0 Å². The van der Waals surface area contributed by atoms with E-state index in [0.29, 0.717) is 13.2 Å². The smallest absolute Gasteiger partial charge is 0.0584 e. The molecule has 1 saturated heterocycles. The van der Waals surface area contributed by atoms with Crippen LogP contribution in [0.25, 0.3) is 0 Å². The van der Waals surface area contributed by atoms with E-state index < -0.39 is 0 Å². The molecule has 1 aliphatic heterocycles. The first-order valence-corrected chi connectivity index (χ1v) is 7.30. The fourth-order valence-corrected chi connectivity index (χ4v) is 2.92. The molecular weight excluding hydrogens is 238 g/mol. The summed E-state index contributed by atoms with van der Waals surface area (Å²) < 4.78 is 5.32. The van der Waals surface area contributed by atoms with E-state index in [2.05, 4.69) is 35.2 Å². The Hall–Kier alpha value is -1.06. The summed E-state index contributed by atoms with van der Waals surface area (Å²) >= 11 is 0. The highest BCUT2D eigenvalue weighted by molar-refractivity contribution is 5.46. The van der Waals surface area contributed by atoms with E-state index >= 15 is 0 Å². The van der Waals surface area contributed by atoms with Gasteiger partial charge in [0.2, 0.25) is 0 Å². The SMILES string of the molecule is OCC1(CN(CC2CCC2)c2ccccc2)COC1. The molecule has 0 aromatic heterocycles. The lowest BCUT2D eigenvalue weighted by atomic mass is 9.82. The van der Waals surface area contributed by atoms with E-state index in [9.17, 15) is 5.11 Å². The van der Waals surface area contributed by atoms with Crippen LogP contribution in [0.15, 0.2) is 30.3 Å². The van der Waals surface area contributed by atoms with Crippen LogP contribution in [0, 0.1) is 11.3 Å². The van der Waals surface area contributed by atoms with Crippen LogP contribution in [0.1, 0.15) is 19.3 Å². The maximum atomic E-state index is 9.63. The summed E-state index contributed by atoms with van der Waals surface area (Å²) in [4.78, 5) is 2.45. The molecule has 0 spiro atoms. The Morgan fingerprint density at radius 2 is 1.95 bits per heavy atom. The Bertz CT molecular complexity index is 393. The summed E-state index contributed by atoms with van der Waals surface area (Å²) in [7, 11) is 0. The summed E-state index contributed by atoms with van der Waals surface area (Å²) in [6.45, 7) is 3.63. The molecule has 3 heteroatoms. The third-order valence-electron chi connectivity index (χ3n) is 4.50. The summed E-state index contributed by atoms with van der Waals surface area (Å²) in [5.41, 5.74) is 1.23. The second kappa shape index (κ2) is 5.51. The molecule has 3 rings (SSSR count). The largest absolute Gasteiger partial charge is 0.396 e. The number of aliphatic hydroxyl groups is 1. The fraction of sp³-hybridized carbons (Fsp3) is 0.625. The van der Waals surface area contributed by atoms with Crippen molar-refractivity contribution in [1.82, 2.24) is 0 Å². The molecule has 19 heavy (non-hydrogen) atoms. The highest BCUT2D eigenvalue weighted by atomic mass is 16.5. The summed E-state index contributed by atoms with van der Waals surface area (Å²) in [6, 6.07) is 10.6. The Kier molecular flexibility index (Phi) is 3.76. The molecule has 2 aliphatic rings. The van der Waals surface area contributed by atoms with Gasteiger partial charge in [0.1, 0.15) is 0 Å². The number of hydrogen-bond acceptors (Lipinski definition) is 3. The van der Waals surface area contributed by atoms with Crippen molar-refractivity contribution < 1.29 is 9.84 Å². The normalized spacial score (nSPS) is 21.5. The number of nitrogens with zero attached hydrogens (tertiary/aromatic N) is 1. The topological polar surface area (TPSA) is 32.7 Å². The molecule has 1 aromatic carbocycles. The van der Waals surface area contributed by atoms with Gasteiger partial charge in [-0.1, -0.05) is 24.6 Å². The van der Waals surface area contributed by atoms with Crippen LogP contribution in [-0.4, -0.2) is 38.0 Å². The predicted molar refractivity (Wildman–Crippen MR) is 76.3 cm³/mol. The van der Waals surface area contributed by atoms with Gasteiger partial charge in [0, 0.05) is 18.8 Å². The van der Waals surface area contributed by atoms with Crippen LogP contribution >= 0.6 is 0 Å². The van der Waals surface area contributed by atoms with Gasteiger partial charge in [-0.05, 0) is 30.9 Å². The Balaban J connectivity index is 1.71. The Labute approximate surface area is 115 Å². The number of hydrogen-bond donors (Lipinski definition) is 1. The average molecular weight is 261 g/mol. The molecule has 104 valence electrons. The molecule has 2 fully saturated rings. The zero-order chi connectivity index (χ0) is 13.1. The summed E-state index contributed by atoms with van der Waals surface area (Å²) in [6.07, 6.45) is 4.08. The molecule has 0 atom stereocenters. The standard InChI is InChI=1S/C16H23NO2/c18-11-16(12-19-13-16)10-17(9-14-5-4-6-14)15-7-2-1-3-8-15/h1-3,7-8,14,18H,4-6,9-13H2. The van der Waals surface area contributed by atoms with Crippen LogP contribution in [0.2, 0.25) is 0 Å². The molecule has 0 radical (unpaired) electrons. The average Bonchev–Trinajstić information content (AvgIpc) is 2.36. The Morgan fingerprint density at radius 3 is 2.42 bits per heavy atom. The quantitative estimate of drug-likeness (QED) is 0.853. The third kappa shape index (κ3) is 2.77. The van der Waals surface area contributed by atoms with Gasteiger partial charge in [-0.25, -0.2) is 0 Å². The molecule has 1 aliphatic carbocycles. The fourth-order valence-electron chi connectivity index (χ4n) is 2.92. The van der Waals surface area contributed by atoms with Crippen molar-refractivity contribution in [3.8, 4) is 0 Å². The van der Waals surface area contributed by atoms with Gasteiger partial charge in [0.15, 0.2) is 0 Å². The number of rotatable bonds is 6. The maximum Gasteiger partial charge on any atom is 0.0584 e. The van der Waals surface area contributed by atoms with E-state index in [-0.39, 0.29) is 12.0 Å². The summed E-state index contributed by atoms with van der Waals surface area (Å²) in [5.74, 6) is 0.831. The van der Waals surface area contributed by atoms with Gasteiger partial charge in [0.05, 0.1) is 25.2 Å². The molecular formula is C16H23NO2. The van der Waals surface area contributed by atoms with E-state index in [1.165, 1.54) is 24.9 Å². The minimum Gasteiger partial charge on any atom is -0.396 e. The monoisotopic (exact) mass is 261 g/mol. The second-order valence-electron chi connectivity index (χ2n) is 6.16. The van der Waals surface area contributed by atoms with Crippen LogP contribution in [0.5, 0.6) is 0 Å². The summed E-state index contributed by atoms with van der Waals surface area (Å²) in [5, 5.41) is 9.63. The molecule has 0 bridgehead atoms. The van der Waals surface area contributed by atoms with E-state index in [0.717, 1.165) is 19.0 Å². The number of para-hydroxylation sites is 1. The first-order chi connectivity index (χ1) is 9.31. The van der Waals surface area contributed by atoms with Crippen LogP contribution in [-0.2, 0) is 4.74 Å². The third-order valence-corrected chi connectivity index (χ3v) is 4.50. The first kappa shape index (κ1) is 12.9. The van der Waals surface area contributed by atoms with Crippen LogP contribution in [0.4, 0.5) is 5.69 Å². The van der Waals surface area contributed by atoms with E-state index in [1.807, 2.05) is 0 Å². The van der Waals surface area contributed by atoms with Crippen molar-refractivity contribution >= 4 is 5.69 Å². The predicted octanol–water partition coefficient (Wildman–Crippen LogP) is 2.30. The molecule has 3 nitrogen and oxygen atoms in total. The number of ether oxygens (including phenoxy) is 1. The van der Waals surface area contributed by atoms with Crippen molar-refractivity contribution in [2.75, 3.05) is 37.8 Å². The highest BCUT2D eigenvalue weighted by Crippen LogP contribution is 2.33. The van der Waals surface area contributed by atoms with Gasteiger partial charge in [-0.3, -0.25) is 0 Å². The van der Waals surface area contributed by atoms with Gasteiger partial charge in [0.25, 0.3) is 0 Å². The van der Waals surface area contributed by atoms with Crippen molar-refractivity contribution in [2.45, 2.75) is 19.3 Å². The maximum absolute atomic E-state index is 9.63. The zero-order valence-corrected chi connectivity index (χ0v) is 11.4. The minimum absolute atomic E-state index is 0.0421. The lowest BCUT2D eigenvalue weighted by molar-refractivity contribution is -0.131. The lowest BCUT2D eigenvalue weighted by Crippen LogP contribution is -2.54. The first-order valence-electron chi connectivity index (χ1n) is 7.30. The molecule has 1 saturated carbocycles. The van der Waals surface area contributed by atoms with Gasteiger partial charge in [-0.15, -0.1) is 0 Å². The second-order valence-corrected chi connectivity index (χ2v) is 6.16. The van der Waals surface area contributed by atoms with Gasteiger partial charge < -0.3 is 14.7 Å². The number of anilines is 1. The van der Waals surface area contributed by atoms with E-state index in [1.54, 1.807) is 0 Å². The van der Waals surface area contributed by atoms with Crippen LogP contribution in [0.3, 0.4) is 0 Å². The molecule has 0 unspecified atom stereocenters. The lowest BCUT2D eigenvalue weighted by Gasteiger charge is -2.45. The van der Waals surface area contributed by atoms with Crippen LogP contribution < -0.4 is 4.90 Å². The van der Waals surface area contributed by atoms with E-state index in [4.69, 9.17) is 4.74 Å². The number of aliphatic hydroxyl groups excluding tert-OH is 1. The number of benzene rings is 1. The van der Waals surface area contributed by atoms with Crippen molar-refractivity contribution in [1.29, 1.82) is 0 Å². The zero-order valence-electron chi connectivity index (χ0n) is 11.4. The highest BCUT2D eigenvalue weighted by Gasteiger charge is 2.40. The molecule has 1 N–H and O–H groups in total. The minimum atomic E-state index is -0.0421. The Morgan fingerprint density at radius 1 is 1.21 bits per heavy atom. The van der Waals surface area contributed by atoms with Crippen molar-refractivity contribution in [2.24, 2.45) is 11.3 Å². The van der Waals surface area contributed by atoms with Crippen molar-refractivity contribution in [3.05, 3.63) is 30.3 Å². The van der Waals surface area contributed by atoms with Gasteiger partial charge in [-0.2, -0.15) is 0 Å². The molecule has 0 amide bonds.